The lowest BCUT2D eigenvalue weighted by atomic mass is 10.0. The SMILES string of the molecule is CN(CCF)S(=O)(=O)NC(=O)c1cnc2ccc(N3CCCC3c3cc(F)ccc3O[C@@H]3CCOC3)cn12. The van der Waals surface area contributed by atoms with Crippen LogP contribution in [0.15, 0.2) is 42.7 Å². The van der Waals surface area contributed by atoms with E-state index in [0.717, 1.165) is 34.8 Å². The molecule has 1 unspecified atom stereocenters. The smallest absolute Gasteiger partial charge is 0.303 e. The molecule has 2 aromatic heterocycles. The van der Waals surface area contributed by atoms with Crippen molar-refractivity contribution >= 4 is 27.5 Å². The molecule has 10 nitrogen and oxygen atoms in total. The number of aromatic nitrogens is 2. The van der Waals surface area contributed by atoms with Crippen molar-refractivity contribution in [1.29, 1.82) is 0 Å². The number of pyridine rings is 1. The maximum Gasteiger partial charge on any atom is 0.303 e. The second-order valence-corrected chi connectivity index (χ2v) is 11.1. The van der Waals surface area contributed by atoms with Gasteiger partial charge in [0.15, 0.2) is 0 Å². The zero-order valence-electron chi connectivity index (χ0n) is 20.8. The fourth-order valence-corrected chi connectivity index (χ4v) is 5.67. The average Bonchev–Trinajstić information content (AvgIpc) is 3.65. The summed E-state index contributed by atoms with van der Waals surface area (Å²) in [6.07, 6.45) is 5.31. The highest BCUT2D eigenvalue weighted by molar-refractivity contribution is 7.87. The molecule has 1 N–H and O–H groups in total. The van der Waals surface area contributed by atoms with E-state index in [0.29, 0.717) is 31.2 Å². The van der Waals surface area contributed by atoms with Crippen molar-refractivity contribution in [3.05, 3.63) is 59.8 Å². The summed E-state index contributed by atoms with van der Waals surface area (Å²) in [7, 11) is -3.04. The van der Waals surface area contributed by atoms with Crippen LogP contribution >= 0.6 is 0 Å². The minimum absolute atomic E-state index is 0.00540. The van der Waals surface area contributed by atoms with Crippen LogP contribution in [-0.2, 0) is 14.9 Å². The van der Waals surface area contributed by atoms with Gasteiger partial charge in [-0.1, -0.05) is 0 Å². The van der Waals surface area contributed by atoms with Gasteiger partial charge in [-0.2, -0.15) is 12.7 Å². The number of amides is 1. The van der Waals surface area contributed by atoms with E-state index in [1.54, 1.807) is 18.3 Å². The van der Waals surface area contributed by atoms with E-state index in [4.69, 9.17) is 9.47 Å². The molecular weight excluding hydrogens is 520 g/mol. The molecule has 4 heterocycles. The number of benzene rings is 1. The van der Waals surface area contributed by atoms with E-state index < -0.39 is 22.8 Å². The van der Waals surface area contributed by atoms with Gasteiger partial charge in [0, 0.05) is 38.3 Å². The number of nitrogens with zero attached hydrogens (tertiary/aromatic N) is 4. The number of hydrogen-bond acceptors (Lipinski definition) is 7. The minimum atomic E-state index is -4.22. The fraction of sp³-hybridized carbons (Fsp3) is 0.440. The zero-order valence-corrected chi connectivity index (χ0v) is 21.7. The molecule has 2 saturated heterocycles. The standard InChI is InChI=1S/C25H29F2N5O5S/c1-30(11-9-26)38(34,35)29-25(33)22-14-28-24-7-5-18(15-32(22)24)31-10-2-3-21(31)20-13-17(27)4-6-23(20)37-19-8-12-36-16-19/h4-7,13-15,19,21H,2-3,8-12,16H2,1H3,(H,29,33)/t19-,21?/m1/s1. The van der Waals surface area contributed by atoms with Gasteiger partial charge >= 0.3 is 10.2 Å². The van der Waals surface area contributed by atoms with E-state index >= 15 is 0 Å². The van der Waals surface area contributed by atoms with Crippen LogP contribution in [0.4, 0.5) is 14.5 Å². The van der Waals surface area contributed by atoms with Crippen molar-refractivity contribution in [2.75, 3.05) is 44.9 Å². The lowest BCUT2D eigenvalue weighted by Gasteiger charge is -2.29. The summed E-state index contributed by atoms with van der Waals surface area (Å²) >= 11 is 0. The molecule has 0 radical (unpaired) electrons. The van der Waals surface area contributed by atoms with Gasteiger partial charge in [0.2, 0.25) is 0 Å². The Morgan fingerprint density at radius 3 is 2.89 bits per heavy atom. The quantitative estimate of drug-likeness (QED) is 0.438. The van der Waals surface area contributed by atoms with Gasteiger partial charge in [0.1, 0.15) is 35.7 Å². The molecule has 0 saturated carbocycles. The highest BCUT2D eigenvalue weighted by atomic mass is 32.2. The maximum atomic E-state index is 14.4. The van der Waals surface area contributed by atoms with Gasteiger partial charge in [-0.3, -0.25) is 9.20 Å². The van der Waals surface area contributed by atoms with E-state index in [2.05, 4.69) is 9.88 Å². The summed E-state index contributed by atoms with van der Waals surface area (Å²) in [5.41, 5.74) is 1.94. The third-order valence-corrected chi connectivity index (χ3v) is 8.30. The molecule has 3 aromatic rings. The second-order valence-electron chi connectivity index (χ2n) is 9.34. The molecule has 1 aromatic carbocycles. The molecule has 38 heavy (non-hydrogen) atoms. The molecule has 2 atom stereocenters. The summed E-state index contributed by atoms with van der Waals surface area (Å²) in [6, 6.07) is 7.96. The predicted octanol–water partition coefficient (Wildman–Crippen LogP) is 2.86. The van der Waals surface area contributed by atoms with Gasteiger partial charge in [0.05, 0.1) is 31.1 Å². The summed E-state index contributed by atoms with van der Waals surface area (Å²) in [6.45, 7) is 0.554. The molecule has 204 valence electrons. The van der Waals surface area contributed by atoms with Gasteiger partial charge < -0.3 is 14.4 Å². The van der Waals surface area contributed by atoms with Crippen LogP contribution in [0, 0.1) is 5.82 Å². The van der Waals surface area contributed by atoms with Crippen LogP contribution in [0.5, 0.6) is 5.75 Å². The second kappa shape index (κ2) is 10.8. The highest BCUT2D eigenvalue weighted by Crippen LogP contribution is 2.41. The minimum Gasteiger partial charge on any atom is -0.488 e. The molecule has 0 spiro atoms. The van der Waals surface area contributed by atoms with Crippen LogP contribution in [0.2, 0.25) is 0 Å². The van der Waals surface area contributed by atoms with E-state index in [1.165, 1.54) is 29.8 Å². The Morgan fingerprint density at radius 1 is 1.29 bits per heavy atom. The van der Waals surface area contributed by atoms with Gasteiger partial charge in [-0.05, 0) is 43.2 Å². The van der Waals surface area contributed by atoms with E-state index in [9.17, 15) is 22.0 Å². The number of ether oxygens (including phenoxy) is 2. The van der Waals surface area contributed by atoms with Crippen LogP contribution in [0.1, 0.15) is 41.4 Å². The number of hydrogen-bond donors (Lipinski definition) is 1. The number of anilines is 1. The molecule has 2 fully saturated rings. The molecular formula is C25H29F2N5O5S. The molecule has 2 aliphatic rings. The fourth-order valence-electron chi connectivity index (χ4n) is 4.87. The van der Waals surface area contributed by atoms with Crippen molar-refractivity contribution in [1.82, 2.24) is 18.4 Å². The van der Waals surface area contributed by atoms with Crippen molar-refractivity contribution < 1.29 is 31.5 Å². The number of nitrogens with one attached hydrogen (secondary N) is 1. The van der Waals surface area contributed by atoms with Gasteiger partial charge in [-0.15, -0.1) is 0 Å². The van der Waals surface area contributed by atoms with Gasteiger partial charge in [-0.25, -0.2) is 18.5 Å². The largest absolute Gasteiger partial charge is 0.488 e. The Labute approximate surface area is 219 Å². The van der Waals surface area contributed by atoms with Crippen molar-refractivity contribution in [2.24, 2.45) is 0 Å². The molecule has 5 rings (SSSR count). The number of fused-ring (bicyclic) bond motifs is 1. The first-order valence-corrected chi connectivity index (χ1v) is 13.8. The number of imidazole rings is 1. The number of rotatable bonds is 9. The highest BCUT2D eigenvalue weighted by Gasteiger charge is 2.31. The first kappa shape index (κ1) is 26.3. The van der Waals surface area contributed by atoms with Crippen molar-refractivity contribution in [3.8, 4) is 5.75 Å². The van der Waals surface area contributed by atoms with E-state index in [-0.39, 0.29) is 30.2 Å². The van der Waals surface area contributed by atoms with Crippen LogP contribution in [-0.4, -0.2) is 74.1 Å². The summed E-state index contributed by atoms with van der Waals surface area (Å²) < 4.78 is 67.5. The first-order valence-electron chi connectivity index (χ1n) is 12.4. The topological polar surface area (TPSA) is 105 Å². The van der Waals surface area contributed by atoms with Crippen molar-refractivity contribution in [3.63, 3.8) is 0 Å². The molecule has 2 aliphatic heterocycles. The Balaban J connectivity index is 1.44. The summed E-state index contributed by atoms with van der Waals surface area (Å²) in [5, 5.41) is 0. The molecule has 13 heteroatoms. The molecule has 1 amide bonds. The third-order valence-electron chi connectivity index (χ3n) is 6.85. The Morgan fingerprint density at radius 2 is 2.13 bits per heavy atom. The van der Waals surface area contributed by atoms with Crippen LogP contribution in [0.25, 0.3) is 5.65 Å². The average molecular weight is 550 g/mol. The van der Waals surface area contributed by atoms with Crippen molar-refractivity contribution in [2.45, 2.75) is 31.4 Å². The molecule has 0 aliphatic carbocycles. The summed E-state index contributed by atoms with van der Waals surface area (Å²) in [4.78, 5) is 19.2. The Kier molecular flexibility index (Phi) is 7.50. The lowest BCUT2D eigenvalue weighted by molar-refractivity contribution is 0.0973. The maximum absolute atomic E-state index is 14.4. The number of alkyl halides is 1. The lowest BCUT2D eigenvalue weighted by Crippen LogP contribution is -2.42. The normalized spacial score (nSPS) is 19.9. The Hall–Kier alpha value is -3.29. The number of halogens is 2. The predicted molar refractivity (Wildman–Crippen MR) is 136 cm³/mol. The first-order chi connectivity index (χ1) is 18.3. The van der Waals surface area contributed by atoms with Crippen LogP contribution < -0.4 is 14.4 Å². The van der Waals surface area contributed by atoms with E-state index in [1.807, 2.05) is 10.8 Å². The number of carbonyl (C=O) groups excluding carboxylic acids is 1. The van der Waals surface area contributed by atoms with Gasteiger partial charge in [0.25, 0.3) is 5.91 Å². The zero-order chi connectivity index (χ0) is 26.9. The Bertz CT molecular complexity index is 1430. The summed E-state index contributed by atoms with van der Waals surface area (Å²) in [5.74, 6) is -0.632. The monoisotopic (exact) mass is 549 g/mol. The molecule has 0 bridgehead atoms. The third kappa shape index (κ3) is 5.31. The van der Waals surface area contributed by atoms with Crippen LogP contribution in [0.3, 0.4) is 0 Å². The number of carbonyl (C=O) groups is 1.